The van der Waals surface area contributed by atoms with E-state index in [-0.39, 0.29) is 0 Å². The maximum absolute atomic E-state index is 5.87. The Morgan fingerprint density at radius 2 is 1.42 bits per heavy atom. The Kier molecular flexibility index (Phi) is 4.97. The first-order valence-electron chi connectivity index (χ1n) is 8.93. The summed E-state index contributed by atoms with van der Waals surface area (Å²) in [5.41, 5.74) is 2.06. The lowest BCUT2D eigenvalue weighted by Crippen LogP contribution is -2.30. The van der Waals surface area contributed by atoms with Crippen molar-refractivity contribution in [1.29, 1.82) is 0 Å². The minimum Gasteiger partial charge on any atom is -0.489 e. The largest absolute Gasteiger partial charge is 0.489 e. The van der Waals surface area contributed by atoms with Gasteiger partial charge < -0.3 is 9.47 Å². The lowest BCUT2D eigenvalue weighted by atomic mass is 10.1. The Balaban J connectivity index is 1.34. The Labute approximate surface area is 153 Å². The zero-order valence-electron chi connectivity index (χ0n) is 14.6. The first kappa shape index (κ1) is 16.4. The van der Waals surface area contributed by atoms with E-state index in [0.29, 0.717) is 13.2 Å². The molecule has 0 atom stereocenters. The number of aromatic nitrogens is 1. The van der Waals surface area contributed by atoms with E-state index in [1.165, 1.54) is 5.22 Å². The summed E-state index contributed by atoms with van der Waals surface area (Å²) in [5.74, 6) is 1.71. The lowest BCUT2D eigenvalue weighted by Gasteiger charge is -2.09. The van der Waals surface area contributed by atoms with Crippen LogP contribution in [0.3, 0.4) is 0 Å². The lowest BCUT2D eigenvalue weighted by molar-refractivity contribution is 0.297. The molecule has 0 aliphatic heterocycles. The van der Waals surface area contributed by atoms with Gasteiger partial charge in [0.05, 0.1) is 11.0 Å². The predicted octanol–water partition coefficient (Wildman–Crippen LogP) is 3.59. The summed E-state index contributed by atoms with van der Waals surface area (Å²) in [7, 11) is 0. The summed E-state index contributed by atoms with van der Waals surface area (Å²) in [6, 6.07) is 22.0. The molecule has 26 heavy (non-hydrogen) atoms. The highest BCUT2D eigenvalue weighted by Crippen LogP contribution is 2.16. The molecule has 3 heteroatoms. The van der Waals surface area contributed by atoms with Crippen LogP contribution in [0.25, 0.3) is 12.2 Å². The number of benzene rings is 2. The van der Waals surface area contributed by atoms with E-state index in [2.05, 4.69) is 23.2 Å². The maximum atomic E-state index is 5.87. The topological polar surface area (TPSA) is 31.4 Å². The summed E-state index contributed by atoms with van der Waals surface area (Å²) >= 11 is 0. The summed E-state index contributed by atoms with van der Waals surface area (Å²) in [6.07, 6.45) is 6.60. The SMILES string of the molecule is C1=c2ccc(COc3ccc(COc4ccccc4)cc3)nc2=CCC1. The van der Waals surface area contributed by atoms with Gasteiger partial charge in [-0.05, 0) is 54.0 Å². The molecule has 1 aliphatic carbocycles. The highest BCUT2D eigenvalue weighted by atomic mass is 16.5. The molecule has 0 bridgehead atoms. The predicted molar refractivity (Wildman–Crippen MR) is 103 cm³/mol. The third kappa shape index (κ3) is 4.12. The van der Waals surface area contributed by atoms with Crippen molar-refractivity contribution in [2.45, 2.75) is 26.1 Å². The molecule has 0 unspecified atom stereocenters. The molecule has 4 rings (SSSR count). The minimum absolute atomic E-state index is 0.473. The van der Waals surface area contributed by atoms with Gasteiger partial charge in [-0.1, -0.05) is 48.6 Å². The molecule has 1 aromatic heterocycles. The molecule has 3 aromatic rings. The smallest absolute Gasteiger partial charge is 0.130 e. The monoisotopic (exact) mass is 343 g/mol. The second kappa shape index (κ2) is 7.87. The Morgan fingerprint density at radius 3 is 2.27 bits per heavy atom. The zero-order valence-corrected chi connectivity index (χ0v) is 14.6. The van der Waals surface area contributed by atoms with Gasteiger partial charge in [-0.3, -0.25) is 0 Å². The van der Waals surface area contributed by atoms with Gasteiger partial charge in [-0.2, -0.15) is 0 Å². The molecular weight excluding hydrogens is 322 g/mol. The van der Waals surface area contributed by atoms with Gasteiger partial charge in [0.15, 0.2) is 0 Å². The van der Waals surface area contributed by atoms with E-state index < -0.39 is 0 Å². The molecule has 1 heterocycles. The molecule has 0 saturated carbocycles. The molecule has 3 nitrogen and oxygen atoms in total. The van der Waals surface area contributed by atoms with Crippen LogP contribution in [0.1, 0.15) is 24.1 Å². The van der Waals surface area contributed by atoms with Crippen LogP contribution in [-0.4, -0.2) is 4.98 Å². The van der Waals surface area contributed by atoms with Gasteiger partial charge in [-0.25, -0.2) is 4.98 Å². The Hall–Kier alpha value is -3.07. The van der Waals surface area contributed by atoms with E-state index in [0.717, 1.165) is 40.9 Å². The van der Waals surface area contributed by atoms with Gasteiger partial charge >= 0.3 is 0 Å². The zero-order chi connectivity index (χ0) is 17.6. The fourth-order valence-electron chi connectivity index (χ4n) is 2.93. The second-order valence-electron chi connectivity index (χ2n) is 6.30. The number of para-hydroxylation sites is 1. The molecule has 1 aliphatic rings. The third-order valence-electron chi connectivity index (χ3n) is 4.34. The van der Waals surface area contributed by atoms with Gasteiger partial charge in [0.25, 0.3) is 0 Å². The van der Waals surface area contributed by atoms with Crippen molar-refractivity contribution in [3.05, 3.63) is 88.6 Å². The van der Waals surface area contributed by atoms with Crippen molar-refractivity contribution < 1.29 is 9.47 Å². The number of pyridine rings is 1. The van der Waals surface area contributed by atoms with Crippen LogP contribution in [0.15, 0.2) is 66.7 Å². The van der Waals surface area contributed by atoms with Gasteiger partial charge in [0.2, 0.25) is 0 Å². The van der Waals surface area contributed by atoms with Crippen molar-refractivity contribution in [3.63, 3.8) is 0 Å². The standard InChI is InChI=1S/C23H21NO2/c1-2-7-21(8-3-1)25-16-18-10-14-22(15-11-18)26-17-20-13-12-19-6-4-5-9-23(19)24-20/h1-3,6-15H,4-5,16-17H2. The summed E-state index contributed by atoms with van der Waals surface area (Å²) < 4.78 is 11.6. The first-order valence-corrected chi connectivity index (χ1v) is 8.93. The van der Waals surface area contributed by atoms with Crippen molar-refractivity contribution >= 4 is 12.2 Å². The molecule has 0 amide bonds. The fourth-order valence-corrected chi connectivity index (χ4v) is 2.93. The molecule has 130 valence electrons. The van der Waals surface area contributed by atoms with Crippen LogP contribution in [0.4, 0.5) is 0 Å². The number of rotatable bonds is 6. The number of nitrogens with zero attached hydrogens (tertiary/aromatic N) is 1. The van der Waals surface area contributed by atoms with E-state index in [1.807, 2.05) is 60.7 Å². The molecule has 0 spiro atoms. The van der Waals surface area contributed by atoms with Crippen LogP contribution in [0.2, 0.25) is 0 Å². The summed E-state index contributed by atoms with van der Waals surface area (Å²) in [6.45, 7) is 1.02. The van der Waals surface area contributed by atoms with E-state index in [4.69, 9.17) is 9.47 Å². The Morgan fingerprint density at radius 1 is 0.692 bits per heavy atom. The van der Waals surface area contributed by atoms with Crippen molar-refractivity contribution in [3.8, 4) is 11.5 Å². The molecule has 0 fully saturated rings. The van der Waals surface area contributed by atoms with Crippen LogP contribution >= 0.6 is 0 Å². The average molecular weight is 343 g/mol. The number of ether oxygens (including phenoxy) is 2. The normalized spacial score (nSPS) is 12.5. The van der Waals surface area contributed by atoms with Crippen LogP contribution in [0, 0.1) is 0 Å². The molecular formula is C23H21NO2. The highest BCUT2D eigenvalue weighted by Gasteiger charge is 2.01. The third-order valence-corrected chi connectivity index (χ3v) is 4.34. The molecule has 0 saturated heterocycles. The van der Waals surface area contributed by atoms with Gasteiger partial charge in [-0.15, -0.1) is 0 Å². The van der Waals surface area contributed by atoms with Crippen molar-refractivity contribution in [2.24, 2.45) is 0 Å². The number of hydrogen-bond donors (Lipinski definition) is 0. The molecule has 0 radical (unpaired) electrons. The van der Waals surface area contributed by atoms with Gasteiger partial charge in [0.1, 0.15) is 24.7 Å². The molecule has 0 N–H and O–H groups in total. The second-order valence-corrected chi connectivity index (χ2v) is 6.30. The van der Waals surface area contributed by atoms with Crippen LogP contribution in [0.5, 0.6) is 11.5 Å². The fraction of sp³-hybridized carbons (Fsp3) is 0.174. The Bertz CT molecular complexity index is 979. The van der Waals surface area contributed by atoms with Crippen molar-refractivity contribution in [1.82, 2.24) is 4.98 Å². The van der Waals surface area contributed by atoms with Crippen LogP contribution in [-0.2, 0) is 13.2 Å². The van der Waals surface area contributed by atoms with E-state index in [9.17, 15) is 0 Å². The van der Waals surface area contributed by atoms with Crippen LogP contribution < -0.4 is 20.0 Å². The quantitative estimate of drug-likeness (QED) is 0.685. The first-order chi connectivity index (χ1) is 12.9. The van der Waals surface area contributed by atoms with Gasteiger partial charge in [0, 0.05) is 0 Å². The summed E-state index contributed by atoms with van der Waals surface area (Å²) in [4.78, 5) is 4.68. The maximum Gasteiger partial charge on any atom is 0.130 e. The number of fused-ring (bicyclic) bond motifs is 1. The van der Waals surface area contributed by atoms with E-state index in [1.54, 1.807) is 0 Å². The minimum atomic E-state index is 0.473. The average Bonchev–Trinajstić information content (AvgIpc) is 2.72. The summed E-state index contributed by atoms with van der Waals surface area (Å²) in [5, 5.41) is 2.30. The van der Waals surface area contributed by atoms with E-state index >= 15 is 0 Å². The van der Waals surface area contributed by atoms with Crippen molar-refractivity contribution in [2.75, 3.05) is 0 Å². The molecule has 2 aromatic carbocycles. The highest BCUT2D eigenvalue weighted by molar-refractivity contribution is 5.36. The number of hydrogen-bond acceptors (Lipinski definition) is 3.